The summed E-state index contributed by atoms with van der Waals surface area (Å²) < 4.78 is 0. The predicted octanol–water partition coefficient (Wildman–Crippen LogP) is -1.45. The Balaban J connectivity index is 5.60. The van der Waals surface area contributed by atoms with Gasteiger partial charge in [-0.3, -0.25) is 30.3 Å². The summed E-state index contributed by atoms with van der Waals surface area (Å²) in [5.74, 6) is -7.17. The molecule has 0 bridgehead atoms. The fourth-order valence-corrected chi connectivity index (χ4v) is 0.434. The van der Waals surface area contributed by atoms with Crippen LogP contribution in [0, 0.1) is 30.3 Å². The Bertz CT molecular complexity index is 232. The molecule has 0 heterocycles. The van der Waals surface area contributed by atoms with Crippen molar-refractivity contribution in [2.24, 2.45) is 0 Å². The Morgan fingerprint density at radius 1 is 1.00 bits per heavy atom. The fourth-order valence-electron chi connectivity index (χ4n) is 0.434. The lowest BCUT2D eigenvalue weighted by Crippen LogP contribution is -2.59. The first-order valence-corrected chi connectivity index (χ1v) is 2.44. The van der Waals surface area contributed by atoms with E-state index in [1.54, 1.807) is 0 Å². The summed E-state index contributed by atoms with van der Waals surface area (Å²) in [4.78, 5) is 33.4. The molecule has 11 heteroatoms. The maximum atomic E-state index is 10.0. The third-order valence-electron chi connectivity index (χ3n) is 1.05. The van der Waals surface area contributed by atoms with Gasteiger partial charge in [0.15, 0.2) is 14.8 Å². The van der Waals surface area contributed by atoms with Crippen molar-refractivity contribution in [3.63, 3.8) is 0 Å². The molecule has 0 radical (unpaired) electrons. The van der Waals surface area contributed by atoms with Crippen molar-refractivity contribution in [2.45, 2.75) is 5.79 Å². The molecule has 0 unspecified atom stereocenters. The normalized spacial score (nSPS) is 10.5. The molecular formula is C2HN3O8. The number of nitro groups is 3. The molecule has 11 nitrogen and oxygen atoms in total. The summed E-state index contributed by atoms with van der Waals surface area (Å²) in [5, 5.41) is 37.7. The van der Waals surface area contributed by atoms with Crippen LogP contribution in [0.25, 0.3) is 0 Å². The van der Waals surface area contributed by atoms with Gasteiger partial charge >= 0.3 is 11.8 Å². The lowest BCUT2D eigenvalue weighted by atomic mass is 10.4. The minimum absolute atomic E-state index is 2.09. The number of aliphatic carboxylic acids is 1. The first-order valence-electron chi connectivity index (χ1n) is 2.44. The van der Waals surface area contributed by atoms with E-state index in [-0.39, 0.29) is 0 Å². The van der Waals surface area contributed by atoms with Crippen LogP contribution in [0.2, 0.25) is 0 Å². The molecule has 0 aromatic heterocycles. The molecular weight excluding hydrogens is 194 g/mol. The minimum atomic E-state index is -4.42. The molecule has 13 heavy (non-hydrogen) atoms. The van der Waals surface area contributed by atoms with E-state index in [0.717, 1.165) is 0 Å². The summed E-state index contributed by atoms with van der Waals surface area (Å²) >= 11 is 0. The molecule has 0 rings (SSSR count). The maximum Gasteiger partial charge on any atom is 0.799 e. The van der Waals surface area contributed by atoms with Gasteiger partial charge in [0, 0.05) is 0 Å². The topological polar surface area (TPSA) is 167 Å². The molecule has 0 amide bonds. The van der Waals surface area contributed by atoms with Crippen LogP contribution in [0.3, 0.4) is 0 Å². The van der Waals surface area contributed by atoms with Crippen LogP contribution in [-0.4, -0.2) is 31.6 Å². The molecule has 0 saturated heterocycles. The largest absolute Gasteiger partial charge is 0.799 e. The van der Waals surface area contributed by atoms with Crippen LogP contribution in [0.1, 0.15) is 0 Å². The monoisotopic (exact) mass is 195 g/mol. The van der Waals surface area contributed by atoms with Gasteiger partial charge in [-0.15, -0.1) is 0 Å². The SMILES string of the molecule is O=C(O)C([N+](=O)[O-])([N+](=O)[O-])[N+](=O)[O-]. The van der Waals surface area contributed by atoms with Crippen molar-refractivity contribution in [3.05, 3.63) is 30.3 Å². The van der Waals surface area contributed by atoms with E-state index in [2.05, 4.69) is 0 Å². The van der Waals surface area contributed by atoms with Crippen LogP contribution in [0.5, 0.6) is 0 Å². The second-order valence-corrected chi connectivity index (χ2v) is 1.71. The molecule has 0 aliphatic carbocycles. The van der Waals surface area contributed by atoms with Crippen molar-refractivity contribution < 1.29 is 24.7 Å². The third kappa shape index (κ3) is 1.21. The van der Waals surface area contributed by atoms with Crippen LogP contribution < -0.4 is 0 Å². The lowest BCUT2D eigenvalue weighted by molar-refractivity contribution is -0.949. The molecule has 72 valence electrons. The fraction of sp³-hybridized carbons (Fsp3) is 0.500. The average molecular weight is 195 g/mol. The number of nitrogens with zero attached hydrogens (tertiary/aromatic N) is 3. The van der Waals surface area contributed by atoms with E-state index in [4.69, 9.17) is 5.11 Å². The van der Waals surface area contributed by atoms with Gasteiger partial charge in [-0.2, -0.15) is 0 Å². The number of carbonyl (C=O) groups is 1. The lowest BCUT2D eigenvalue weighted by Gasteiger charge is -2.02. The molecule has 0 atom stereocenters. The van der Waals surface area contributed by atoms with Crippen molar-refractivity contribution in [1.82, 2.24) is 0 Å². The summed E-state index contributed by atoms with van der Waals surface area (Å²) in [6.07, 6.45) is 0. The van der Waals surface area contributed by atoms with E-state index in [1.807, 2.05) is 0 Å². The highest BCUT2D eigenvalue weighted by Gasteiger charge is 2.79. The highest BCUT2D eigenvalue weighted by Crippen LogP contribution is 2.11. The Morgan fingerprint density at radius 2 is 1.23 bits per heavy atom. The highest BCUT2D eigenvalue weighted by molar-refractivity contribution is 5.72. The molecule has 1 N–H and O–H groups in total. The number of carboxylic acid groups (broad SMARTS) is 1. The Kier molecular flexibility index (Phi) is 2.43. The van der Waals surface area contributed by atoms with E-state index >= 15 is 0 Å². The molecule has 0 aliphatic heterocycles. The number of carboxylic acids is 1. The van der Waals surface area contributed by atoms with Gasteiger partial charge in [0.2, 0.25) is 0 Å². The summed E-state index contributed by atoms with van der Waals surface area (Å²) in [5.41, 5.74) is 0. The summed E-state index contributed by atoms with van der Waals surface area (Å²) in [6, 6.07) is 0. The van der Waals surface area contributed by atoms with Crippen molar-refractivity contribution in [2.75, 3.05) is 0 Å². The molecule has 0 aromatic rings. The molecule has 0 aromatic carbocycles. The molecule has 0 aliphatic rings. The summed E-state index contributed by atoms with van der Waals surface area (Å²) in [6.45, 7) is 0. The third-order valence-corrected chi connectivity index (χ3v) is 1.05. The zero-order valence-corrected chi connectivity index (χ0v) is 5.65. The predicted molar refractivity (Wildman–Crippen MR) is 31.4 cm³/mol. The zero-order valence-electron chi connectivity index (χ0n) is 5.65. The van der Waals surface area contributed by atoms with Gasteiger partial charge in [-0.25, -0.2) is 4.79 Å². The Labute approximate surface area is 68.0 Å². The second kappa shape index (κ2) is 2.96. The van der Waals surface area contributed by atoms with Crippen molar-refractivity contribution in [3.8, 4) is 0 Å². The van der Waals surface area contributed by atoms with Gasteiger partial charge in [0.1, 0.15) is 0 Å². The van der Waals surface area contributed by atoms with Crippen molar-refractivity contribution in [1.29, 1.82) is 0 Å². The molecule has 0 fully saturated rings. The molecule has 0 saturated carbocycles. The van der Waals surface area contributed by atoms with E-state index in [1.165, 1.54) is 0 Å². The first-order chi connectivity index (χ1) is 5.77. The smallest absolute Gasteiger partial charge is 0.464 e. The van der Waals surface area contributed by atoms with E-state index in [9.17, 15) is 35.1 Å². The standard InChI is InChI=1S/C2HN3O8/c6-1(7)2(3(8)9,4(10)11)5(12)13/h(H,6,7). The average Bonchev–Trinajstić information content (AvgIpc) is 1.82. The van der Waals surface area contributed by atoms with E-state index in [0.29, 0.717) is 0 Å². The van der Waals surface area contributed by atoms with Crippen LogP contribution >= 0.6 is 0 Å². The number of hydrogen-bond acceptors (Lipinski definition) is 7. The first kappa shape index (κ1) is 10.7. The van der Waals surface area contributed by atoms with Crippen LogP contribution in [-0.2, 0) is 4.79 Å². The second-order valence-electron chi connectivity index (χ2n) is 1.71. The van der Waals surface area contributed by atoms with Gasteiger partial charge in [-0.05, 0) is 0 Å². The maximum absolute atomic E-state index is 10.0. The van der Waals surface area contributed by atoms with E-state index < -0.39 is 26.5 Å². The van der Waals surface area contributed by atoms with Gasteiger partial charge in [0.25, 0.3) is 0 Å². The number of hydrogen-bond donors (Lipinski definition) is 1. The summed E-state index contributed by atoms with van der Waals surface area (Å²) in [7, 11) is 0. The molecule has 0 spiro atoms. The number of rotatable bonds is 4. The quantitative estimate of drug-likeness (QED) is 0.323. The Hall–Kier alpha value is -2.33. The van der Waals surface area contributed by atoms with Crippen LogP contribution in [0.4, 0.5) is 0 Å². The highest BCUT2D eigenvalue weighted by atomic mass is 16.7. The van der Waals surface area contributed by atoms with Crippen molar-refractivity contribution >= 4 is 5.97 Å². The van der Waals surface area contributed by atoms with Gasteiger partial charge in [-0.1, -0.05) is 0 Å². The Morgan fingerprint density at radius 3 is 1.23 bits per heavy atom. The van der Waals surface area contributed by atoms with Gasteiger partial charge < -0.3 is 5.11 Å². The van der Waals surface area contributed by atoms with Crippen LogP contribution in [0.15, 0.2) is 0 Å². The zero-order chi connectivity index (χ0) is 10.8. The minimum Gasteiger partial charge on any atom is -0.464 e. The van der Waals surface area contributed by atoms with Gasteiger partial charge in [0.05, 0.1) is 0 Å².